The molecule has 2 aliphatic rings. The van der Waals surface area contributed by atoms with Crippen LogP contribution in [0, 0.1) is 5.92 Å². The summed E-state index contributed by atoms with van der Waals surface area (Å²) < 4.78 is 0. The molecule has 96 valence electrons. The molecule has 1 heterocycles. The summed E-state index contributed by atoms with van der Waals surface area (Å²) in [5.74, 6) is -0.610. The summed E-state index contributed by atoms with van der Waals surface area (Å²) in [6.07, 6.45) is 5.04. The lowest BCUT2D eigenvalue weighted by Crippen LogP contribution is -2.53. The van der Waals surface area contributed by atoms with E-state index in [0.717, 1.165) is 38.8 Å². The molecule has 0 aromatic carbocycles. The Hall–Kier alpha value is -0.870. The molecule has 1 saturated heterocycles. The average Bonchev–Trinajstić information content (AvgIpc) is 2.29. The van der Waals surface area contributed by atoms with Gasteiger partial charge in [0.25, 0.3) is 0 Å². The van der Waals surface area contributed by atoms with Crippen LogP contribution in [0.15, 0.2) is 12.2 Å². The first-order chi connectivity index (χ1) is 8.01. The third kappa shape index (κ3) is 2.69. The van der Waals surface area contributed by atoms with Gasteiger partial charge in [0.2, 0.25) is 0 Å². The average molecular weight is 239 g/mol. The summed E-state index contributed by atoms with van der Waals surface area (Å²) >= 11 is 0. The number of hydrogen-bond acceptors (Lipinski definition) is 3. The van der Waals surface area contributed by atoms with Crippen molar-refractivity contribution in [1.82, 2.24) is 4.90 Å². The zero-order valence-corrected chi connectivity index (χ0v) is 10.2. The summed E-state index contributed by atoms with van der Waals surface area (Å²) in [5.41, 5.74) is -0.245. The van der Waals surface area contributed by atoms with E-state index < -0.39 is 11.6 Å². The molecule has 2 N–H and O–H groups in total. The van der Waals surface area contributed by atoms with Crippen LogP contribution in [0.25, 0.3) is 0 Å². The Morgan fingerprint density at radius 2 is 2.18 bits per heavy atom. The molecule has 2 unspecified atom stereocenters. The van der Waals surface area contributed by atoms with Crippen molar-refractivity contribution in [3.63, 3.8) is 0 Å². The van der Waals surface area contributed by atoms with Gasteiger partial charge in [-0.05, 0) is 19.3 Å². The number of carboxylic acids is 1. The van der Waals surface area contributed by atoms with Crippen LogP contribution in [0.3, 0.4) is 0 Å². The van der Waals surface area contributed by atoms with Gasteiger partial charge in [-0.2, -0.15) is 0 Å². The zero-order valence-electron chi connectivity index (χ0n) is 10.2. The van der Waals surface area contributed by atoms with Gasteiger partial charge in [-0.1, -0.05) is 19.4 Å². The number of hydrogen-bond donors (Lipinski definition) is 2. The second kappa shape index (κ2) is 4.78. The third-order valence-corrected chi connectivity index (χ3v) is 4.23. The van der Waals surface area contributed by atoms with Gasteiger partial charge in [-0.15, -0.1) is 0 Å². The molecule has 1 aliphatic carbocycles. The standard InChI is InChI=1S/C13H21NO3/c1-10(12(15)16)8-14-7-6-13(17)5-3-2-4-11(13)9-14/h11,17H,1-9H2,(H,15,16). The number of rotatable bonds is 3. The van der Waals surface area contributed by atoms with E-state index in [1.54, 1.807) is 0 Å². The first-order valence-electron chi connectivity index (χ1n) is 6.37. The number of carboxylic acid groups (broad SMARTS) is 1. The molecule has 2 rings (SSSR count). The van der Waals surface area contributed by atoms with E-state index in [2.05, 4.69) is 11.5 Å². The highest BCUT2D eigenvalue weighted by Crippen LogP contribution is 2.39. The van der Waals surface area contributed by atoms with Gasteiger partial charge in [0.15, 0.2) is 0 Å². The van der Waals surface area contributed by atoms with E-state index in [9.17, 15) is 9.90 Å². The van der Waals surface area contributed by atoms with Crippen molar-refractivity contribution in [3.8, 4) is 0 Å². The minimum absolute atomic E-state index is 0.242. The Bertz CT molecular complexity index is 329. The van der Waals surface area contributed by atoms with Crippen LogP contribution in [-0.2, 0) is 4.79 Å². The number of aliphatic hydroxyl groups is 1. The predicted octanol–water partition coefficient (Wildman–Crippen LogP) is 1.25. The van der Waals surface area contributed by atoms with Gasteiger partial charge < -0.3 is 10.2 Å². The smallest absolute Gasteiger partial charge is 0.332 e. The van der Waals surface area contributed by atoms with Crippen LogP contribution in [0.1, 0.15) is 32.1 Å². The highest BCUT2D eigenvalue weighted by molar-refractivity contribution is 5.86. The van der Waals surface area contributed by atoms with Crippen LogP contribution < -0.4 is 0 Å². The highest BCUT2D eigenvalue weighted by Gasteiger charge is 2.42. The fourth-order valence-corrected chi connectivity index (χ4v) is 3.12. The van der Waals surface area contributed by atoms with E-state index in [0.29, 0.717) is 12.5 Å². The molecule has 0 aromatic heterocycles. The summed E-state index contributed by atoms with van der Waals surface area (Å²) in [4.78, 5) is 12.9. The molecule has 0 amide bonds. The van der Waals surface area contributed by atoms with E-state index in [4.69, 9.17) is 5.11 Å². The number of aliphatic carboxylic acids is 1. The van der Waals surface area contributed by atoms with Crippen molar-refractivity contribution in [3.05, 3.63) is 12.2 Å². The molecule has 1 aliphatic heterocycles. The Balaban J connectivity index is 1.93. The fraction of sp³-hybridized carbons (Fsp3) is 0.769. The van der Waals surface area contributed by atoms with Gasteiger partial charge in [-0.3, -0.25) is 4.90 Å². The molecule has 2 atom stereocenters. The van der Waals surface area contributed by atoms with Crippen molar-refractivity contribution in [2.45, 2.75) is 37.7 Å². The van der Waals surface area contributed by atoms with Crippen molar-refractivity contribution in [2.75, 3.05) is 19.6 Å². The molecule has 0 bridgehead atoms. The summed E-state index contributed by atoms with van der Waals surface area (Å²) in [7, 11) is 0. The van der Waals surface area contributed by atoms with Crippen LogP contribution in [-0.4, -0.2) is 46.3 Å². The predicted molar refractivity (Wildman–Crippen MR) is 64.7 cm³/mol. The Morgan fingerprint density at radius 3 is 2.88 bits per heavy atom. The first-order valence-corrected chi connectivity index (χ1v) is 6.37. The fourth-order valence-electron chi connectivity index (χ4n) is 3.12. The van der Waals surface area contributed by atoms with E-state index in [-0.39, 0.29) is 5.57 Å². The quantitative estimate of drug-likeness (QED) is 0.728. The van der Waals surface area contributed by atoms with Crippen molar-refractivity contribution in [1.29, 1.82) is 0 Å². The van der Waals surface area contributed by atoms with Gasteiger partial charge in [0.05, 0.1) is 5.60 Å². The lowest BCUT2D eigenvalue weighted by atomic mass is 9.71. The van der Waals surface area contributed by atoms with E-state index >= 15 is 0 Å². The van der Waals surface area contributed by atoms with Crippen molar-refractivity contribution in [2.24, 2.45) is 5.92 Å². The zero-order chi connectivity index (χ0) is 12.5. The van der Waals surface area contributed by atoms with Crippen LogP contribution in [0.2, 0.25) is 0 Å². The molecule has 0 spiro atoms. The Kier molecular flexibility index (Phi) is 3.54. The molecule has 4 heteroatoms. The summed E-state index contributed by atoms with van der Waals surface area (Å²) in [6.45, 7) is 5.57. The minimum Gasteiger partial charge on any atom is -0.478 e. The molecule has 4 nitrogen and oxygen atoms in total. The summed E-state index contributed by atoms with van der Waals surface area (Å²) in [5, 5.41) is 19.3. The molecule has 0 aromatic rings. The lowest BCUT2D eigenvalue weighted by molar-refractivity contribution is -0.133. The maximum Gasteiger partial charge on any atom is 0.332 e. The second-order valence-corrected chi connectivity index (χ2v) is 5.44. The van der Waals surface area contributed by atoms with Crippen LogP contribution in [0.4, 0.5) is 0 Å². The summed E-state index contributed by atoms with van der Waals surface area (Å²) in [6, 6.07) is 0. The number of piperidine rings is 1. The van der Waals surface area contributed by atoms with Crippen LogP contribution in [0.5, 0.6) is 0 Å². The molecular formula is C13H21NO3. The van der Waals surface area contributed by atoms with Gasteiger partial charge in [0, 0.05) is 31.1 Å². The first kappa shape index (κ1) is 12.6. The van der Waals surface area contributed by atoms with E-state index in [1.807, 2.05) is 0 Å². The number of nitrogens with zero attached hydrogens (tertiary/aromatic N) is 1. The number of carbonyl (C=O) groups is 1. The maximum atomic E-state index is 10.7. The third-order valence-electron chi connectivity index (χ3n) is 4.23. The monoisotopic (exact) mass is 239 g/mol. The molecule has 1 saturated carbocycles. The van der Waals surface area contributed by atoms with Crippen LogP contribution >= 0.6 is 0 Å². The van der Waals surface area contributed by atoms with Crippen molar-refractivity contribution < 1.29 is 15.0 Å². The largest absolute Gasteiger partial charge is 0.478 e. The topological polar surface area (TPSA) is 60.8 Å². The van der Waals surface area contributed by atoms with Crippen molar-refractivity contribution >= 4 is 5.97 Å². The molecule has 17 heavy (non-hydrogen) atoms. The van der Waals surface area contributed by atoms with E-state index in [1.165, 1.54) is 6.42 Å². The van der Waals surface area contributed by atoms with Gasteiger partial charge >= 0.3 is 5.97 Å². The van der Waals surface area contributed by atoms with Gasteiger partial charge in [0.1, 0.15) is 0 Å². The molecular weight excluding hydrogens is 218 g/mol. The van der Waals surface area contributed by atoms with Gasteiger partial charge in [-0.25, -0.2) is 4.79 Å². The Morgan fingerprint density at radius 1 is 1.41 bits per heavy atom. The second-order valence-electron chi connectivity index (χ2n) is 5.44. The minimum atomic E-state index is -0.922. The maximum absolute atomic E-state index is 10.7. The molecule has 2 fully saturated rings. The number of likely N-dealkylation sites (tertiary alicyclic amines) is 1. The number of fused-ring (bicyclic) bond motifs is 1. The SMILES string of the molecule is C=C(CN1CCC2(O)CCCCC2C1)C(=O)O. The Labute approximate surface area is 102 Å². The highest BCUT2D eigenvalue weighted by atomic mass is 16.4. The lowest BCUT2D eigenvalue weighted by Gasteiger charge is -2.47. The molecule has 0 radical (unpaired) electrons. The normalized spacial score (nSPS) is 34.1.